The van der Waals surface area contributed by atoms with Gasteiger partial charge in [-0.15, -0.1) is 0 Å². The molecule has 3 aromatic carbocycles. The number of H-pyrrole nitrogens is 2. The van der Waals surface area contributed by atoms with E-state index < -0.39 is 30.5 Å². The van der Waals surface area contributed by atoms with Gasteiger partial charge in [0.05, 0.1) is 60.3 Å². The lowest BCUT2D eigenvalue weighted by Gasteiger charge is -2.31. The maximum absolute atomic E-state index is 13.8. The molecule has 5 unspecified atom stereocenters. The van der Waals surface area contributed by atoms with Crippen LogP contribution in [0.4, 0.5) is 9.59 Å². The second kappa shape index (κ2) is 19.2. The molecule has 366 valence electrons. The lowest BCUT2D eigenvalue weighted by atomic mass is 10.0. The number of nitrogens with zero attached hydrogens (tertiary/aromatic N) is 5. The van der Waals surface area contributed by atoms with Crippen molar-refractivity contribution in [1.82, 2.24) is 44.9 Å². The molecule has 3 fully saturated rings. The number of carbonyl (C=O) groups excluding carboxylic acids is 3. The summed E-state index contributed by atoms with van der Waals surface area (Å²) in [5.74, 6) is 2.09. The van der Waals surface area contributed by atoms with Crippen molar-refractivity contribution in [3.8, 4) is 45.3 Å². The summed E-state index contributed by atoms with van der Waals surface area (Å²) in [5, 5.41) is 15.6. The number of likely N-dealkylation sites (tertiary alicyclic amines) is 2. The summed E-state index contributed by atoms with van der Waals surface area (Å²) in [5.41, 5.74) is 7.22. The molecule has 0 spiro atoms. The van der Waals surface area contributed by atoms with Gasteiger partial charge in [0, 0.05) is 40.7 Å². The van der Waals surface area contributed by atoms with Crippen LogP contribution in [0, 0.1) is 11.8 Å². The molecule has 10 rings (SSSR count). The molecular formula is C53H61N9O8. The molecule has 70 heavy (non-hydrogen) atoms. The first-order chi connectivity index (χ1) is 33.8. The normalized spacial score (nSPS) is 19.8. The number of carbonyl (C=O) groups is 4. The Morgan fingerprint density at radius 2 is 1.36 bits per heavy atom. The minimum absolute atomic E-state index is 0.137. The first kappa shape index (κ1) is 46.4. The van der Waals surface area contributed by atoms with Gasteiger partial charge in [0.1, 0.15) is 35.2 Å². The third-order valence-corrected chi connectivity index (χ3v) is 14.4. The number of imidazole rings is 2. The van der Waals surface area contributed by atoms with Gasteiger partial charge >= 0.3 is 12.2 Å². The molecule has 3 aliphatic heterocycles. The van der Waals surface area contributed by atoms with Crippen LogP contribution >= 0.6 is 0 Å². The molecule has 4 amide bonds. The van der Waals surface area contributed by atoms with E-state index in [1.54, 1.807) is 11.1 Å². The Kier molecular flexibility index (Phi) is 12.8. The third-order valence-electron chi connectivity index (χ3n) is 14.4. The Morgan fingerprint density at radius 1 is 0.743 bits per heavy atom. The number of hydrogen-bond donors (Lipinski definition) is 5. The molecule has 0 radical (unpaired) electrons. The minimum atomic E-state index is -1.23. The van der Waals surface area contributed by atoms with Gasteiger partial charge < -0.3 is 54.3 Å². The zero-order valence-electron chi connectivity index (χ0n) is 40.2. The number of carboxylic acid groups (broad SMARTS) is 1. The van der Waals surface area contributed by atoms with E-state index in [9.17, 15) is 24.3 Å². The number of aromatic nitrogens is 5. The molecule has 5 atom stereocenters. The van der Waals surface area contributed by atoms with E-state index in [2.05, 4.69) is 67.6 Å². The van der Waals surface area contributed by atoms with Crippen molar-refractivity contribution < 1.29 is 38.5 Å². The van der Waals surface area contributed by atoms with Crippen molar-refractivity contribution in [3.05, 3.63) is 96.3 Å². The fourth-order valence-electron chi connectivity index (χ4n) is 10.8. The third kappa shape index (κ3) is 8.92. The highest BCUT2D eigenvalue weighted by atomic mass is 16.5. The number of methoxy groups -OCH3 is 1. The molecule has 1 saturated carbocycles. The highest BCUT2D eigenvalue weighted by Gasteiger charge is 2.39. The van der Waals surface area contributed by atoms with Crippen LogP contribution in [-0.4, -0.2) is 102 Å². The standard InChI is InChI=1S/C53H61N9O8/c1-29(2)45(58-52(65)66)49(63)60-21-9-15-41(60)48-55-28-39(57-48)32-17-19-37-43-25-34-23-31(38-27-54-47(56-38)42-16-10-22-61(42)50(64)46(30(3)4)59-53(67)68-5)18-20-40(34)62(43)51(70-44(37)26-32)33-11-8-14-36(24-33)69-35-12-6-7-13-35/h8,11,14,17-20,23-30,35,41-42,45-46,51,58H,6-7,9-10,12-13,15-16,21-22H2,1-5H3,(H,54,56)(H,55,57)(H,59,67)(H,65,66). The molecule has 1 aliphatic carbocycles. The van der Waals surface area contributed by atoms with E-state index in [1.807, 2.05) is 63.1 Å². The van der Waals surface area contributed by atoms with Crippen LogP contribution in [-0.2, 0) is 14.3 Å². The van der Waals surface area contributed by atoms with Gasteiger partial charge in [-0.05, 0) is 106 Å². The summed E-state index contributed by atoms with van der Waals surface area (Å²) in [6, 6.07) is 20.7. The number of benzene rings is 3. The van der Waals surface area contributed by atoms with Crippen LogP contribution in [0.15, 0.2) is 79.1 Å². The predicted molar refractivity (Wildman–Crippen MR) is 262 cm³/mol. The van der Waals surface area contributed by atoms with Crippen molar-refractivity contribution in [2.45, 2.75) is 116 Å². The van der Waals surface area contributed by atoms with Gasteiger partial charge in [0.25, 0.3) is 0 Å². The molecule has 3 aromatic heterocycles. The fourth-order valence-corrected chi connectivity index (χ4v) is 10.8. The Labute approximate surface area is 406 Å². The van der Waals surface area contributed by atoms with Crippen molar-refractivity contribution >= 4 is 34.9 Å². The van der Waals surface area contributed by atoms with Crippen molar-refractivity contribution in [2.24, 2.45) is 11.8 Å². The smallest absolute Gasteiger partial charge is 0.407 e. The highest BCUT2D eigenvalue weighted by Crippen LogP contribution is 2.47. The number of amides is 4. The van der Waals surface area contributed by atoms with Gasteiger partial charge in [-0.2, -0.15) is 0 Å². The summed E-state index contributed by atoms with van der Waals surface area (Å²) < 4.78 is 20.6. The number of nitrogens with one attached hydrogen (secondary N) is 4. The van der Waals surface area contributed by atoms with E-state index in [4.69, 9.17) is 24.2 Å². The topological polar surface area (TPSA) is 209 Å². The molecule has 6 heterocycles. The molecule has 6 aromatic rings. The van der Waals surface area contributed by atoms with Gasteiger partial charge in [0.15, 0.2) is 0 Å². The van der Waals surface area contributed by atoms with Gasteiger partial charge in [-0.25, -0.2) is 19.6 Å². The van der Waals surface area contributed by atoms with E-state index in [0.29, 0.717) is 36.9 Å². The summed E-state index contributed by atoms with van der Waals surface area (Å²) in [6.07, 6.45) is 8.87. The maximum Gasteiger partial charge on any atom is 0.407 e. The average molecular weight is 952 g/mol. The summed E-state index contributed by atoms with van der Waals surface area (Å²) in [7, 11) is 1.29. The lowest BCUT2D eigenvalue weighted by molar-refractivity contribution is -0.136. The number of hydrogen-bond acceptors (Lipinski definition) is 9. The van der Waals surface area contributed by atoms with Crippen LogP contribution in [0.5, 0.6) is 11.5 Å². The number of fused-ring (bicyclic) bond motifs is 5. The van der Waals surface area contributed by atoms with Crippen LogP contribution < -0.4 is 20.1 Å². The predicted octanol–water partition coefficient (Wildman–Crippen LogP) is 9.35. The zero-order valence-corrected chi connectivity index (χ0v) is 40.2. The summed E-state index contributed by atoms with van der Waals surface area (Å²) in [6.45, 7) is 8.56. The second-order valence-corrected chi connectivity index (χ2v) is 19.7. The van der Waals surface area contributed by atoms with Gasteiger partial charge in [-0.1, -0.05) is 52.0 Å². The van der Waals surface area contributed by atoms with E-state index in [1.165, 1.54) is 20.0 Å². The maximum atomic E-state index is 13.8. The Bertz CT molecular complexity index is 2930. The number of alkyl carbamates (subject to hydrolysis) is 1. The molecule has 17 heteroatoms. The number of aromatic amines is 2. The highest BCUT2D eigenvalue weighted by molar-refractivity contribution is 5.93. The van der Waals surface area contributed by atoms with Crippen LogP contribution in [0.25, 0.3) is 44.7 Å². The molecule has 0 bridgehead atoms. The molecular weight excluding hydrogens is 891 g/mol. The Hall–Kier alpha value is -7.30. The minimum Gasteiger partial charge on any atom is -0.490 e. The Balaban J connectivity index is 0.969. The van der Waals surface area contributed by atoms with E-state index >= 15 is 0 Å². The van der Waals surface area contributed by atoms with E-state index in [0.717, 1.165) is 88.1 Å². The molecule has 2 saturated heterocycles. The van der Waals surface area contributed by atoms with Crippen molar-refractivity contribution in [1.29, 1.82) is 0 Å². The van der Waals surface area contributed by atoms with Crippen LogP contribution in [0.2, 0.25) is 0 Å². The Morgan fingerprint density at radius 3 is 1.97 bits per heavy atom. The molecule has 17 nitrogen and oxygen atoms in total. The molecule has 5 N–H and O–H groups in total. The SMILES string of the molecule is COC(=O)NC(C(=O)N1CCCC1c1ncc(-c2ccc3c(c2)cc2n3C(c3cccc(OC4CCCC4)c3)Oc3cc(-c4cnc(C5CCCN5C(=O)C(NC(=O)O)C(C)C)[nH]4)ccc3-2)[nH]1)C(C)C. The van der Waals surface area contributed by atoms with Crippen molar-refractivity contribution in [3.63, 3.8) is 0 Å². The van der Waals surface area contributed by atoms with Crippen molar-refractivity contribution in [2.75, 3.05) is 20.2 Å². The first-order valence-corrected chi connectivity index (χ1v) is 24.6. The first-order valence-electron chi connectivity index (χ1n) is 24.6. The number of ether oxygens (including phenoxy) is 3. The summed E-state index contributed by atoms with van der Waals surface area (Å²) in [4.78, 5) is 71.5. The van der Waals surface area contributed by atoms with Crippen LogP contribution in [0.3, 0.4) is 0 Å². The largest absolute Gasteiger partial charge is 0.490 e. The summed E-state index contributed by atoms with van der Waals surface area (Å²) >= 11 is 0. The van der Waals surface area contributed by atoms with Gasteiger partial charge in [-0.3, -0.25) is 9.59 Å². The monoisotopic (exact) mass is 951 g/mol. The number of rotatable bonds is 13. The fraction of sp³-hybridized carbons (Fsp3) is 0.434. The quantitative estimate of drug-likeness (QED) is 0.0741. The van der Waals surface area contributed by atoms with Gasteiger partial charge in [0.2, 0.25) is 18.0 Å². The zero-order chi connectivity index (χ0) is 48.8. The second-order valence-electron chi connectivity index (χ2n) is 19.7. The average Bonchev–Trinajstić information content (AvgIpc) is 4.22. The molecule has 4 aliphatic rings. The van der Waals surface area contributed by atoms with Crippen LogP contribution in [0.1, 0.15) is 115 Å². The lowest BCUT2D eigenvalue weighted by Crippen LogP contribution is -2.51. The van der Waals surface area contributed by atoms with E-state index in [-0.39, 0.29) is 41.8 Å².